The number of hydrazone groups is 1. The molecule has 4 aromatic carbocycles. The van der Waals surface area contributed by atoms with E-state index in [9.17, 15) is 19.8 Å². The molecule has 0 aliphatic carbocycles. The molecule has 2 unspecified atom stereocenters. The van der Waals surface area contributed by atoms with E-state index in [0.29, 0.717) is 29.1 Å². The van der Waals surface area contributed by atoms with Gasteiger partial charge >= 0.3 is 0 Å². The van der Waals surface area contributed by atoms with Crippen LogP contribution in [0.2, 0.25) is 20.1 Å². The summed E-state index contributed by atoms with van der Waals surface area (Å²) in [7, 11) is 0. The van der Waals surface area contributed by atoms with Crippen molar-refractivity contribution in [2.24, 2.45) is 15.3 Å². The number of benzene rings is 4. The zero-order valence-corrected chi connectivity index (χ0v) is 38.2. The summed E-state index contributed by atoms with van der Waals surface area (Å²) in [6.45, 7) is 10.0. The molecule has 11 nitrogen and oxygen atoms in total. The Labute approximate surface area is 378 Å². The van der Waals surface area contributed by atoms with Crippen molar-refractivity contribution in [1.29, 1.82) is 0 Å². The Kier molecular flexibility index (Phi) is 17.1. The molecule has 15 heteroatoms. The number of nitrogens with zero attached hydrogens (tertiary/aromatic N) is 4. The summed E-state index contributed by atoms with van der Waals surface area (Å²) in [6, 6.07) is 16.2. The van der Waals surface area contributed by atoms with Crippen molar-refractivity contribution in [3.63, 3.8) is 0 Å². The third kappa shape index (κ3) is 13.2. The summed E-state index contributed by atoms with van der Waals surface area (Å²) < 4.78 is 6.37. The molecule has 2 atom stereocenters. The van der Waals surface area contributed by atoms with E-state index >= 15 is 0 Å². The Morgan fingerprint density at radius 3 is 2.13 bits per heavy atom. The van der Waals surface area contributed by atoms with Crippen molar-refractivity contribution in [3.8, 4) is 17.2 Å². The third-order valence-electron chi connectivity index (χ3n) is 10.2. The third-order valence-corrected chi connectivity index (χ3v) is 11.3. The second-order valence-electron chi connectivity index (χ2n) is 16.3. The second kappa shape index (κ2) is 22.0. The molecule has 0 bridgehead atoms. The Balaban J connectivity index is 1.37. The minimum atomic E-state index is -1.35. The SMILES string of the molecule is CCCCCCCCCCCCC(Oc1ccc(O)c(C(C)(C)C)c1)C(=O)Nc1ccc(Cl)c(NC2=NN(c3c(Cl)cc(Cl)cc3Cl)C(=O)C2/N=N/c2ccc(C)cc2O)c1. The number of unbranched alkanes of at least 4 members (excludes halogenated alkanes) is 9. The van der Waals surface area contributed by atoms with Crippen LogP contribution in [-0.4, -0.2) is 40.0 Å². The van der Waals surface area contributed by atoms with Crippen molar-refractivity contribution in [1.82, 2.24) is 0 Å². The van der Waals surface area contributed by atoms with E-state index in [1.54, 1.807) is 48.5 Å². The first-order valence-electron chi connectivity index (χ1n) is 20.7. The predicted molar refractivity (Wildman–Crippen MR) is 249 cm³/mol. The number of ether oxygens (including phenoxy) is 1. The van der Waals surface area contributed by atoms with Gasteiger partial charge in [0.2, 0.25) is 6.04 Å². The lowest BCUT2D eigenvalue weighted by atomic mass is 9.86. The van der Waals surface area contributed by atoms with E-state index in [-0.39, 0.29) is 60.1 Å². The van der Waals surface area contributed by atoms with Crippen LogP contribution in [0.25, 0.3) is 0 Å². The van der Waals surface area contributed by atoms with Crippen LogP contribution in [0.1, 0.15) is 109 Å². The number of carbonyl (C=O) groups excluding carboxylic acids is 2. The zero-order valence-electron chi connectivity index (χ0n) is 35.2. The highest BCUT2D eigenvalue weighted by atomic mass is 35.5. The largest absolute Gasteiger partial charge is 0.508 e. The van der Waals surface area contributed by atoms with Crippen molar-refractivity contribution < 1.29 is 24.5 Å². The first-order valence-corrected chi connectivity index (χ1v) is 22.2. The Bertz CT molecular complexity index is 2220. The molecule has 1 aliphatic rings. The summed E-state index contributed by atoms with van der Waals surface area (Å²) in [5, 5.41) is 41.8. The van der Waals surface area contributed by atoms with Crippen molar-refractivity contribution in [3.05, 3.63) is 97.9 Å². The zero-order chi connectivity index (χ0) is 44.3. The molecular weight excluding hydrogens is 858 g/mol. The number of phenolic OH excluding ortho intramolecular Hbond substituents is 2. The van der Waals surface area contributed by atoms with Gasteiger partial charge in [0.25, 0.3) is 11.8 Å². The van der Waals surface area contributed by atoms with Crippen LogP contribution in [0.4, 0.5) is 22.7 Å². The number of nitrogens with one attached hydrogen (secondary N) is 2. The van der Waals surface area contributed by atoms with E-state index in [1.807, 2.05) is 27.7 Å². The molecule has 61 heavy (non-hydrogen) atoms. The van der Waals surface area contributed by atoms with E-state index in [2.05, 4.69) is 32.9 Å². The molecule has 0 fully saturated rings. The minimum absolute atomic E-state index is 0.0111. The molecule has 326 valence electrons. The Morgan fingerprint density at radius 1 is 0.836 bits per heavy atom. The van der Waals surface area contributed by atoms with Gasteiger partial charge in [-0.2, -0.15) is 15.2 Å². The molecule has 5 rings (SSSR count). The van der Waals surface area contributed by atoms with E-state index < -0.39 is 18.1 Å². The summed E-state index contributed by atoms with van der Waals surface area (Å²) >= 11 is 25.9. The van der Waals surface area contributed by atoms with Crippen LogP contribution < -0.4 is 20.4 Å². The number of hydrogen-bond acceptors (Lipinski definition) is 9. The number of halogens is 4. The fourth-order valence-electron chi connectivity index (χ4n) is 6.85. The maximum Gasteiger partial charge on any atom is 0.282 e. The van der Waals surface area contributed by atoms with E-state index in [1.165, 1.54) is 56.7 Å². The molecule has 0 saturated carbocycles. The van der Waals surface area contributed by atoms with Gasteiger partial charge in [-0.05, 0) is 91.4 Å². The molecule has 0 spiro atoms. The Hall–Kier alpha value is -4.55. The van der Waals surface area contributed by atoms with Gasteiger partial charge in [-0.1, -0.05) is 138 Å². The molecule has 1 heterocycles. The average molecular weight is 913 g/mol. The molecule has 4 aromatic rings. The van der Waals surface area contributed by atoms with Crippen LogP contribution in [0.3, 0.4) is 0 Å². The van der Waals surface area contributed by atoms with Gasteiger partial charge in [0, 0.05) is 16.3 Å². The van der Waals surface area contributed by atoms with Gasteiger partial charge in [-0.25, -0.2) is 0 Å². The van der Waals surface area contributed by atoms with Crippen molar-refractivity contribution in [2.45, 2.75) is 123 Å². The van der Waals surface area contributed by atoms with Crippen molar-refractivity contribution >= 4 is 86.8 Å². The van der Waals surface area contributed by atoms with Gasteiger partial charge in [0.15, 0.2) is 11.9 Å². The lowest BCUT2D eigenvalue weighted by Crippen LogP contribution is -2.33. The second-order valence-corrected chi connectivity index (χ2v) is 17.9. The molecular formula is C46H54Cl4N6O5. The highest BCUT2D eigenvalue weighted by Gasteiger charge is 2.40. The number of azo groups is 1. The lowest BCUT2D eigenvalue weighted by molar-refractivity contribution is -0.123. The highest BCUT2D eigenvalue weighted by Crippen LogP contribution is 2.40. The first-order chi connectivity index (χ1) is 29.0. The number of rotatable bonds is 19. The molecule has 1 aliphatic heterocycles. The van der Waals surface area contributed by atoms with Crippen LogP contribution in [0.15, 0.2) is 82.1 Å². The molecule has 0 radical (unpaired) electrons. The normalized spacial score (nSPS) is 14.7. The number of amides is 2. The fraction of sp³-hybridized carbons (Fsp3) is 0.413. The van der Waals surface area contributed by atoms with Gasteiger partial charge in [-0.3, -0.25) is 9.59 Å². The minimum Gasteiger partial charge on any atom is -0.508 e. The van der Waals surface area contributed by atoms with E-state index in [4.69, 9.17) is 51.1 Å². The lowest BCUT2D eigenvalue weighted by Gasteiger charge is -2.23. The number of phenols is 2. The van der Waals surface area contributed by atoms with Gasteiger partial charge in [-0.15, -0.1) is 5.10 Å². The van der Waals surface area contributed by atoms with Crippen molar-refractivity contribution in [2.75, 3.05) is 15.6 Å². The smallest absolute Gasteiger partial charge is 0.282 e. The van der Waals surface area contributed by atoms with Crippen LogP contribution >= 0.6 is 46.4 Å². The van der Waals surface area contributed by atoms with Gasteiger partial charge < -0.3 is 25.6 Å². The summed E-state index contributed by atoms with van der Waals surface area (Å²) in [5.41, 5.74) is 2.06. The number of aryl methyl sites for hydroxylation is 1. The van der Waals surface area contributed by atoms with Crippen LogP contribution in [-0.2, 0) is 15.0 Å². The monoisotopic (exact) mass is 910 g/mol. The first kappa shape index (κ1) is 47.5. The van der Waals surface area contributed by atoms with E-state index in [0.717, 1.165) is 36.3 Å². The number of carbonyl (C=O) groups is 2. The molecule has 2 amide bonds. The fourth-order valence-corrected chi connectivity index (χ4v) is 7.99. The standard InChI is InChI=1S/C46H54Cl4N6O5/c1-6-7-8-9-10-11-12-13-14-15-16-40(61-31-19-22-38(57)32(27-31)46(3,4)5)44(59)51-30-18-20-33(48)37(26-30)52-43-41(54-53-36-21-17-28(2)23-39(36)58)45(60)56(55-43)42-34(49)24-29(47)25-35(42)50/h17-27,40-41,57-58H,6-16H2,1-5H3,(H,51,59)(H,52,55)/b54-53+. The molecule has 0 saturated heterocycles. The number of hydrogen-bond donors (Lipinski definition) is 4. The molecule has 4 N–H and O–H groups in total. The average Bonchev–Trinajstić information content (AvgIpc) is 3.48. The van der Waals surface area contributed by atoms with Gasteiger partial charge in [0.05, 0.1) is 20.8 Å². The quantitative estimate of drug-likeness (QED) is 0.0544. The van der Waals surface area contributed by atoms with Crippen LogP contribution in [0, 0.1) is 6.92 Å². The summed E-state index contributed by atoms with van der Waals surface area (Å²) in [4.78, 5) is 28.0. The maximum atomic E-state index is 14.1. The maximum absolute atomic E-state index is 14.1. The van der Waals surface area contributed by atoms with Gasteiger partial charge in [0.1, 0.15) is 28.6 Å². The highest BCUT2D eigenvalue weighted by molar-refractivity contribution is 6.43. The number of aromatic hydroxyl groups is 2. The summed E-state index contributed by atoms with van der Waals surface area (Å²) in [6.07, 6.45) is 11.2. The number of amidine groups is 1. The number of anilines is 3. The Morgan fingerprint density at radius 2 is 1.49 bits per heavy atom. The predicted octanol–water partition coefficient (Wildman–Crippen LogP) is 13.9. The van der Waals surface area contributed by atoms with Crippen LogP contribution in [0.5, 0.6) is 17.2 Å². The summed E-state index contributed by atoms with van der Waals surface area (Å²) in [5.74, 6) is -0.502. The molecule has 0 aromatic heterocycles. The topological polar surface area (TPSA) is 148 Å².